The second-order valence-corrected chi connectivity index (χ2v) is 6.30. The molecular weight excluding hydrogens is 355 g/mol. The standard InChI is InChI=1S/C15H10Cl2N4OS/c16-10-4-3-9(11(17)6-10)8-18-21-15(22)13-7-12(19-20-13)14-2-1-5-23-14/h1-8H,(H,19,20)(H,21,22). The first-order chi connectivity index (χ1) is 11.1. The monoisotopic (exact) mass is 364 g/mol. The van der Waals surface area contributed by atoms with E-state index in [0.29, 0.717) is 15.6 Å². The van der Waals surface area contributed by atoms with Crippen LogP contribution in [0.3, 0.4) is 0 Å². The van der Waals surface area contributed by atoms with E-state index in [9.17, 15) is 4.79 Å². The number of H-pyrrole nitrogens is 1. The lowest BCUT2D eigenvalue weighted by molar-refractivity contribution is 0.0950. The molecule has 116 valence electrons. The van der Waals surface area contributed by atoms with Gasteiger partial charge in [0.25, 0.3) is 5.91 Å². The van der Waals surface area contributed by atoms with Crippen molar-refractivity contribution in [1.82, 2.24) is 15.6 Å². The molecule has 3 aromatic rings. The molecule has 0 saturated heterocycles. The van der Waals surface area contributed by atoms with Gasteiger partial charge in [-0.25, -0.2) is 5.43 Å². The zero-order valence-corrected chi connectivity index (χ0v) is 13.9. The lowest BCUT2D eigenvalue weighted by Gasteiger charge is -1.98. The van der Waals surface area contributed by atoms with Gasteiger partial charge in [-0.1, -0.05) is 35.3 Å². The fraction of sp³-hybridized carbons (Fsp3) is 0. The van der Waals surface area contributed by atoms with Gasteiger partial charge in [0.1, 0.15) is 0 Å². The second kappa shape index (κ2) is 6.95. The molecule has 8 heteroatoms. The third kappa shape index (κ3) is 3.79. The maximum absolute atomic E-state index is 12.0. The number of benzene rings is 1. The summed E-state index contributed by atoms with van der Waals surface area (Å²) in [4.78, 5) is 13.0. The molecule has 0 aliphatic rings. The number of nitrogens with zero attached hydrogens (tertiary/aromatic N) is 2. The summed E-state index contributed by atoms with van der Waals surface area (Å²) in [6.45, 7) is 0. The Bertz CT molecular complexity index is 858. The Morgan fingerprint density at radius 3 is 2.91 bits per heavy atom. The van der Waals surface area contributed by atoms with Crippen molar-refractivity contribution in [3.63, 3.8) is 0 Å². The Labute approximate surface area is 145 Å². The number of thiophene rings is 1. The van der Waals surface area contributed by atoms with Crippen LogP contribution in [0.1, 0.15) is 16.1 Å². The smallest absolute Gasteiger partial charge is 0.276 e. The van der Waals surface area contributed by atoms with Crippen molar-refractivity contribution in [3.8, 4) is 10.6 Å². The third-order valence-corrected chi connectivity index (χ3v) is 4.39. The first-order valence-corrected chi connectivity index (χ1v) is 8.15. The van der Waals surface area contributed by atoms with Crippen LogP contribution in [0.4, 0.5) is 0 Å². The van der Waals surface area contributed by atoms with Crippen molar-refractivity contribution in [2.24, 2.45) is 5.10 Å². The zero-order valence-electron chi connectivity index (χ0n) is 11.6. The van der Waals surface area contributed by atoms with Gasteiger partial charge in [0.05, 0.1) is 21.8 Å². The van der Waals surface area contributed by atoms with Crippen LogP contribution in [-0.4, -0.2) is 22.3 Å². The molecule has 2 heterocycles. The molecule has 0 aliphatic heterocycles. The lowest BCUT2D eigenvalue weighted by Crippen LogP contribution is -2.18. The molecule has 1 amide bonds. The van der Waals surface area contributed by atoms with Crippen LogP contribution in [0.15, 0.2) is 46.9 Å². The number of carbonyl (C=O) groups is 1. The topological polar surface area (TPSA) is 70.1 Å². The van der Waals surface area contributed by atoms with E-state index in [1.807, 2.05) is 17.5 Å². The molecule has 0 spiro atoms. The number of hydrogen-bond donors (Lipinski definition) is 2. The van der Waals surface area contributed by atoms with Crippen LogP contribution >= 0.6 is 34.5 Å². The lowest BCUT2D eigenvalue weighted by atomic mass is 10.2. The second-order valence-electron chi connectivity index (χ2n) is 4.51. The van der Waals surface area contributed by atoms with Crippen molar-refractivity contribution in [2.75, 3.05) is 0 Å². The summed E-state index contributed by atoms with van der Waals surface area (Å²) in [5.41, 5.74) is 4.10. The summed E-state index contributed by atoms with van der Waals surface area (Å²) in [7, 11) is 0. The first kappa shape index (κ1) is 15.7. The fourth-order valence-electron chi connectivity index (χ4n) is 1.82. The normalized spacial score (nSPS) is 11.0. The van der Waals surface area contributed by atoms with Gasteiger partial charge in [-0.3, -0.25) is 9.89 Å². The van der Waals surface area contributed by atoms with E-state index >= 15 is 0 Å². The van der Waals surface area contributed by atoms with Crippen LogP contribution < -0.4 is 5.43 Å². The molecule has 2 aromatic heterocycles. The molecule has 1 aromatic carbocycles. The first-order valence-electron chi connectivity index (χ1n) is 6.51. The van der Waals surface area contributed by atoms with Gasteiger partial charge >= 0.3 is 0 Å². The number of carbonyl (C=O) groups excluding carboxylic acids is 1. The summed E-state index contributed by atoms with van der Waals surface area (Å²) in [6, 6.07) is 10.6. The molecule has 0 atom stereocenters. The largest absolute Gasteiger partial charge is 0.291 e. The van der Waals surface area contributed by atoms with Crippen LogP contribution in [0.5, 0.6) is 0 Å². The number of nitrogens with one attached hydrogen (secondary N) is 2. The van der Waals surface area contributed by atoms with E-state index in [2.05, 4.69) is 20.7 Å². The number of hydrogen-bond acceptors (Lipinski definition) is 4. The molecule has 3 rings (SSSR count). The highest BCUT2D eigenvalue weighted by Gasteiger charge is 2.11. The molecule has 5 nitrogen and oxygen atoms in total. The van der Waals surface area contributed by atoms with E-state index in [1.54, 1.807) is 35.6 Å². The van der Waals surface area contributed by atoms with Gasteiger partial charge in [0, 0.05) is 10.6 Å². The van der Waals surface area contributed by atoms with E-state index in [4.69, 9.17) is 23.2 Å². The van der Waals surface area contributed by atoms with Gasteiger partial charge in [-0.15, -0.1) is 11.3 Å². The minimum atomic E-state index is -0.412. The maximum Gasteiger partial charge on any atom is 0.291 e. The summed E-state index contributed by atoms with van der Waals surface area (Å²) >= 11 is 13.4. The highest BCUT2D eigenvalue weighted by atomic mass is 35.5. The number of aromatic amines is 1. The minimum Gasteiger partial charge on any atom is -0.276 e. The van der Waals surface area contributed by atoms with Crippen molar-refractivity contribution in [3.05, 3.63) is 63.1 Å². The van der Waals surface area contributed by atoms with Gasteiger partial charge < -0.3 is 0 Å². The summed E-state index contributed by atoms with van der Waals surface area (Å²) in [5, 5.41) is 13.6. The summed E-state index contributed by atoms with van der Waals surface area (Å²) < 4.78 is 0. The number of hydrazone groups is 1. The SMILES string of the molecule is O=C(NN=Cc1ccc(Cl)cc1Cl)c1cc(-c2cccs2)[nH]n1. The predicted octanol–water partition coefficient (Wildman–Crippen LogP) is 4.21. The predicted molar refractivity (Wildman–Crippen MR) is 93.4 cm³/mol. The highest BCUT2D eigenvalue weighted by molar-refractivity contribution is 7.13. The number of amides is 1. The zero-order chi connectivity index (χ0) is 16.2. The van der Waals surface area contributed by atoms with E-state index in [1.165, 1.54) is 6.21 Å². The molecule has 0 bridgehead atoms. The van der Waals surface area contributed by atoms with Gasteiger partial charge in [-0.2, -0.15) is 10.2 Å². The van der Waals surface area contributed by atoms with Crippen LogP contribution in [-0.2, 0) is 0 Å². The summed E-state index contributed by atoms with van der Waals surface area (Å²) in [6.07, 6.45) is 1.45. The Morgan fingerprint density at radius 2 is 2.17 bits per heavy atom. The molecular formula is C15H10Cl2N4OS. The number of halogens is 2. The van der Waals surface area contributed by atoms with Crippen LogP contribution in [0.25, 0.3) is 10.6 Å². The molecule has 0 radical (unpaired) electrons. The Hall–Kier alpha value is -2.15. The van der Waals surface area contributed by atoms with E-state index in [0.717, 1.165) is 10.6 Å². The highest BCUT2D eigenvalue weighted by Crippen LogP contribution is 2.23. The quantitative estimate of drug-likeness (QED) is 0.537. The van der Waals surface area contributed by atoms with Crippen LogP contribution in [0.2, 0.25) is 10.0 Å². The molecule has 23 heavy (non-hydrogen) atoms. The average Bonchev–Trinajstić information content (AvgIpc) is 3.20. The molecule has 0 unspecified atom stereocenters. The molecule has 0 fully saturated rings. The Kier molecular flexibility index (Phi) is 4.76. The number of aromatic nitrogens is 2. The number of rotatable bonds is 4. The van der Waals surface area contributed by atoms with Crippen molar-refractivity contribution < 1.29 is 4.79 Å². The average molecular weight is 365 g/mol. The van der Waals surface area contributed by atoms with Crippen molar-refractivity contribution in [1.29, 1.82) is 0 Å². The third-order valence-electron chi connectivity index (χ3n) is 2.93. The molecule has 2 N–H and O–H groups in total. The molecule has 0 aliphatic carbocycles. The van der Waals surface area contributed by atoms with E-state index < -0.39 is 5.91 Å². The van der Waals surface area contributed by atoms with E-state index in [-0.39, 0.29) is 5.69 Å². The van der Waals surface area contributed by atoms with Gasteiger partial charge in [0.2, 0.25) is 0 Å². The Balaban J connectivity index is 1.66. The molecule has 0 saturated carbocycles. The summed E-state index contributed by atoms with van der Waals surface area (Å²) in [5.74, 6) is -0.412. The Morgan fingerprint density at radius 1 is 1.30 bits per heavy atom. The van der Waals surface area contributed by atoms with Crippen molar-refractivity contribution >= 4 is 46.7 Å². The van der Waals surface area contributed by atoms with Crippen LogP contribution in [0, 0.1) is 0 Å². The van der Waals surface area contributed by atoms with Gasteiger partial charge in [-0.05, 0) is 29.6 Å². The van der Waals surface area contributed by atoms with Gasteiger partial charge in [0.15, 0.2) is 5.69 Å². The minimum absolute atomic E-state index is 0.257. The maximum atomic E-state index is 12.0. The van der Waals surface area contributed by atoms with Crippen molar-refractivity contribution in [2.45, 2.75) is 0 Å². The fourth-order valence-corrected chi connectivity index (χ4v) is 2.97.